The van der Waals surface area contributed by atoms with Crippen molar-refractivity contribution in [3.05, 3.63) is 63.5 Å². The van der Waals surface area contributed by atoms with Crippen LogP contribution in [0.4, 0.5) is 0 Å². The molecule has 30 heavy (non-hydrogen) atoms. The van der Waals surface area contributed by atoms with Gasteiger partial charge in [0.05, 0.1) is 14.2 Å². The number of aromatic hydroxyl groups is 1. The lowest BCUT2D eigenvalue weighted by Gasteiger charge is -2.27. The van der Waals surface area contributed by atoms with Gasteiger partial charge in [-0.15, -0.1) is 0 Å². The van der Waals surface area contributed by atoms with E-state index >= 15 is 0 Å². The zero-order chi connectivity index (χ0) is 21.3. The molecule has 1 aromatic heterocycles. The van der Waals surface area contributed by atoms with E-state index in [0.717, 1.165) is 53.0 Å². The number of nitrogens with zero attached hydrogens (tertiary/aromatic N) is 1. The molecule has 0 amide bonds. The molecule has 1 aliphatic heterocycles. The van der Waals surface area contributed by atoms with Crippen molar-refractivity contribution in [2.45, 2.75) is 38.8 Å². The topological polar surface area (TPSA) is 72.1 Å². The van der Waals surface area contributed by atoms with Crippen molar-refractivity contribution in [2.75, 3.05) is 20.8 Å². The molecule has 0 spiro atoms. The maximum atomic E-state index is 12.2. The van der Waals surface area contributed by atoms with Gasteiger partial charge in [0.1, 0.15) is 22.8 Å². The summed E-state index contributed by atoms with van der Waals surface area (Å²) in [4.78, 5) is 14.5. The normalized spacial score (nSPS) is 16.8. The fourth-order valence-electron chi connectivity index (χ4n) is 4.40. The van der Waals surface area contributed by atoms with Crippen LogP contribution in [-0.2, 0) is 13.0 Å². The van der Waals surface area contributed by atoms with Gasteiger partial charge in [-0.3, -0.25) is 4.90 Å². The zero-order valence-corrected chi connectivity index (χ0v) is 17.6. The van der Waals surface area contributed by atoms with E-state index in [1.54, 1.807) is 26.4 Å². The molecular formula is C24H27NO5. The molecule has 3 aromatic rings. The lowest BCUT2D eigenvalue weighted by molar-refractivity contribution is 0.243. The van der Waals surface area contributed by atoms with Crippen LogP contribution in [0, 0.1) is 0 Å². The molecule has 4 rings (SSSR count). The predicted octanol–water partition coefficient (Wildman–Crippen LogP) is 4.42. The minimum Gasteiger partial charge on any atom is -0.508 e. The van der Waals surface area contributed by atoms with Crippen molar-refractivity contribution in [3.8, 4) is 17.2 Å². The Bertz CT molecular complexity index is 1120. The van der Waals surface area contributed by atoms with Crippen molar-refractivity contribution >= 4 is 11.0 Å². The summed E-state index contributed by atoms with van der Waals surface area (Å²) in [6.45, 7) is 3.54. The Balaban J connectivity index is 1.72. The molecule has 1 fully saturated rings. The first-order valence-electron chi connectivity index (χ1n) is 10.3. The van der Waals surface area contributed by atoms with Gasteiger partial charge in [0.25, 0.3) is 0 Å². The molecule has 0 bridgehead atoms. The third-order valence-corrected chi connectivity index (χ3v) is 5.95. The summed E-state index contributed by atoms with van der Waals surface area (Å²) in [7, 11) is 3.32. The molecule has 6 nitrogen and oxygen atoms in total. The predicted molar refractivity (Wildman–Crippen MR) is 115 cm³/mol. The zero-order valence-electron chi connectivity index (χ0n) is 17.6. The molecule has 158 valence electrons. The first-order chi connectivity index (χ1) is 14.5. The van der Waals surface area contributed by atoms with Crippen LogP contribution in [0.25, 0.3) is 11.0 Å². The van der Waals surface area contributed by atoms with E-state index in [4.69, 9.17) is 13.9 Å². The Morgan fingerprint density at radius 2 is 1.97 bits per heavy atom. The van der Waals surface area contributed by atoms with Crippen molar-refractivity contribution in [1.29, 1.82) is 0 Å². The fraction of sp³-hybridized carbons (Fsp3) is 0.375. The van der Waals surface area contributed by atoms with Gasteiger partial charge in [-0.25, -0.2) is 4.79 Å². The van der Waals surface area contributed by atoms with Crippen LogP contribution in [0.1, 0.15) is 42.5 Å². The molecule has 1 atom stereocenters. The van der Waals surface area contributed by atoms with Gasteiger partial charge in [-0.1, -0.05) is 13.0 Å². The Hall–Kier alpha value is -2.99. The second-order valence-corrected chi connectivity index (χ2v) is 7.66. The Kier molecular flexibility index (Phi) is 5.68. The molecule has 1 aliphatic rings. The van der Waals surface area contributed by atoms with Gasteiger partial charge < -0.3 is 19.0 Å². The van der Waals surface area contributed by atoms with Gasteiger partial charge in [-0.05, 0) is 49.1 Å². The lowest BCUT2D eigenvalue weighted by atomic mass is 10.0. The van der Waals surface area contributed by atoms with Gasteiger partial charge in [0, 0.05) is 41.7 Å². The Labute approximate surface area is 175 Å². The molecule has 1 saturated heterocycles. The van der Waals surface area contributed by atoms with Crippen molar-refractivity contribution in [1.82, 2.24) is 4.90 Å². The number of phenolic OH excluding ortho intramolecular Hbond substituents is 1. The van der Waals surface area contributed by atoms with Gasteiger partial charge in [0.15, 0.2) is 0 Å². The first kappa shape index (κ1) is 20.3. The van der Waals surface area contributed by atoms with Crippen LogP contribution >= 0.6 is 0 Å². The largest absolute Gasteiger partial charge is 0.508 e. The number of ether oxygens (including phenoxy) is 2. The summed E-state index contributed by atoms with van der Waals surface area (Å²) in [6.07, 6.45) is 2.79. The molecular weight excluding hydrogens is 382 g/mol. The van der Waals surface area contributed by atoms with Crippen molar-refractivity contribution in [3.63, 3.8) is 0 Å². The number of aryl methyl sites for hydroxylation is 1. The van der Waals surface area contributed by atoms with E-state index in [2.05, 4.69) is 11.0 Å². The maximum absolute atomic E-state index is 12.2. The highest BCUT2D eigenvalue weighted by atomic mass is 16.5. The van der Waals surface area contributed by atoms with E-state index in [0.29, 0.717) is 18.5 Å². The number of rotatable bonds is 6. The summed E-state index contributed by atoms with van der Waals surface area (Å²) >= 11 is 0. The summed E-state index contributed by atoms with van der Waals surface area (Å²) < 4.78 is 16.3. The highest BCUT2D eigenvalue weighted by Gasteiger charge is 2.29. The maximum Gasteiger partial charge on any atom is 0.336 e. The molecule has 0 radical (unpaired) electrons. The molecule has 2 heterocycles. The van der Waals surface area contributed by atoms with Crippen LogP contribution in [0.2, 0.25) is 0 Å². The van der Waals surface area contributed by atoms with Gasteiger partial charge in [0.2, 0.25) is 0 Å². The van der Waals surface area contributed by atoms with Crippen molar-refractivity contribution < 1.29 is 19.0 Å². The third-order valence-electron chi connectivity index (χ3n) is 5.95. The summed E-state index contributed by atoms with van der Waals surface area (Å²) in [5, 5.41) is 11.0. The minimum absolute atomic E-state index is 0.160. The summed E-state index contributed by atoms with van der Waals surface area (Å²) in [6, 6.07) is 11.2. The SMILES string of the molecule is CCc1cc2c(CN3CCCC3c3ccc(OC)cc3OC)cc(=O)oc2cc1O. The molecule has 1 N–H and O–H groups in total. The van der Waals surface area contributed by atoms with Gasteiger partial charge >= 0.3 is 5.63 Å². The second-order valence-electron chi connectivity index (χ2n) is 7.66. The smallest absolute Gasteiger partial charge is 0.336 e. The highest BCUT2D eigenvalue weighted by Crippen LogP contribution is 2.40. The summed E-state index contributed by atoms with van der Waals surface area (Å²) in [5.74, 6) is 1.73. The van der Waals surface area contributed by atoms with E-state index in [1.807, 2.05) is 25.1 Å². The van der Waals surface area contributed by atoms with Crippen LogP contribution in [0.15, 0.2) is 45.6 Å². The van der Waals surface area contributed by atoms with Crippen LogP contribution in [0.5, 0.6) is 17.2 Å². The Morgan fingerprint density at radius 3 is 2.70 bits per heavy atom. The van der Waals surface area contributed by atoms with E-state index < -0.39 is 5.63 Å². The van der Waals surface area contributed by atoms with E-state index in [1.165, 1.54) is 0 Å². The molecule has 2 aromatic carbocycles. The molecule has 0 saturated carbocycles. The average Bonchev–Trinajstić information content (AvgIpc) is 3.20. The lowest BCUT2D eigenvalue weighted by Crippen LogP contribution is -2.24. The summed E-state index contributed by atoms with van der Waals surface area (Å²) in [5.41, 5.74) is 2.89. The van der Waals surface area contributed by atoms with Crippen LogP contribution < -0.4 is 15.1 Å². The number of phenols is 1. The first-order valence-corrected chi connectivity index (χ1v) is 10.3. The molecule has 0 aliphatic carbocycles. The average molecular weight is 409 g/mol. The fourth-order valence-corrected chi connectivity index (χ4v) is 4.40. The van der Waals surface area contributed by atoms with Crippen molar-refractivity contribution in [2.24, 2.45) is 0 Å². The molecule has 1 unspecified atom stereocenters. The number of likely N-dealkylation sites (tertiary alicyclic amines) is 1. The van der Waals surface area contributed by atoms with Crippen LogP contribution in [-0.4, -0.2) is 30.8 Å². The number of hydrogen-bond acceptors (Lipinski definition) is 6. The number of hydrogen-bond donors (Lipinski definition) is 1. The van der Waals surface area contributed by atoms with E-state index in [9.17, 15) is 9.90 Å². The number of methoxy groups -OCH3 is 2. The third kappa shape index (κ3) is 3.75. The second kappa shape index (κ2) is 8.40. The Morgan fingerprint density at radius 1 is 1.13 bits per heavy atom. The van der Waals surface area contributed by atoms with Crippen LogP contribution in [0.3, 0.4) is 0 Å². The molecule has 6 heteroatoms. The highest BCUT2D eigenvalue weighted by molar-refractivity contribution is 5.82. The van der Waals surface area contributed by atoms with E-state index in [-0.39, 0.29) is 11.8 Å². The number of fused-ring (bicyclic) bond motifs is 1. The standard InChI is InChI=1S/C24H27NO5/c1-4-15-10-19-16(11-24(27)30-23(19)13-21(15)26)14-25-9-5-6-20(25)18-8-7-17(28-2)12-22(18)29-3/h7-8,10-13,20,26H,4-6,9,14H2,1-3H3. The number of benzene rings is 2. The monoisotopic (exact) mass is 409 g/mol. The van der Waals surface area contributed by atoms with Gasteiger partial charge in [-0.2, -0.15) is 0 Å². The quantitative estimate of drug-likeness (QED) is 0.608. The minimum atomic E-state index is -0.404.